The molecule has 1 aromatic rings. The van der Waals surface area contributed by atoms with Crippen molar-refractivity contribution in [2.45, 2.75) is 13.3 Å². The average Bonchev–Trinajstić information content (AvgIpc) is 2.43. The van der Waals surface area contributed by atoms with E-state index in [0.717, 1.165) is 13.0 Å². The number of urea groups is 1. The van der Waals surface area contributed by atoms with Crippen LogP contribution in [0.2, 0.25) is 5.02 Å². The van der Waals surface area contributed by atoms with Crippen LogP contribution in [0.3, 0.4) is 0 Å². The molecule has 7 nitrogen and oxygen atoms in total. The minimum atomic E-state index is -0.133. The van der Waals surface area contributed by atoms with E-state index in [4.69, 9.17) is 11.6 Å². The largest absolute Gasteiger partial charge is 0.367 e. The van der Waals surface area contributed by atoms with Gasteiger partial charge in [0, 0.05) is 33.7 Å². The lowest BCUT2D eigenvalue weighted by Gasteiger charge is -2.13. The molecule has 0 atom stereocenters. The van der Waals surface area contributed by atoms with Gasteiger partial charge in [-0.05, 0) is 6.42 Å². The van der Waals surface area contributed by atoms with E-state index in [1.165, 1.54) is 4.90 Å². The molecule has 0 aromatic carbocycles. The number of amides is 2. The van der Waals surface area contributed by atoms with Gasteiger partial charge in [-0.15, -0.1) is 0 Å². The van der Waals surface area contributed by atoms with E-state index >= 15 is 0 Å². The molecule has 8 heteroatoms. The van der Waals surface area contributed by atoms with Gasteiger partial charge in [-0.1, -0.05) is 18.5 Å². The Bertz CT molecular complexity index is 440. The average molecular weight is 301 g/mol. The van der Waals surface area contributed by atoms with Crippen LogP contribution in [0.25, 0.3) is 0 Å². The fraction of sp³-hybridized carbons (Fsp3) is 0.583. The van der Waals surface area contributed by atoms with E-state index < -0.39 is 0 Å². The number of carbonyl (C=O) groups excluding carboxylic acids is 1. The van der Waals surface area contributed by atoms with Crippen LogP contribution in [0.15, 0.2) is 6.20 Å². The van der Waals surface area contributed by atoms with Crippen molar-refractivity contribution in [3.8, 4) is 0 Å². The van der Waals surface area contributed by atoms with Crippen molar-refractivity contribution in [1.82, 2.24) is 20.2 Å². The Labute approximate surface area is 124 Å². The zero-order chi connectivity index (χ0) is 15.0. The zero-order valence-corrected chi connectivity index (χ0v) is 12.8. The highest BCUT2D eigenvalue weighted by Crippen LogP contribution is 2.18. The third-order valence-corrected chi connectivity index (χ3v) is 2.65. The maximum Gasteiger partial charge on any atom is 0.316 e. The first-order chi connectivity index (χ1) is 9.54. The number of rotatable bonds is 7. The van der Waals surface area contributed by atoms with E-state index in [-0.39, 0.29) is 6.03 Å². The number of hydrogen-bond acceptors (Lipinski definition) is 5. The van der Waals surface area contributed by atoms with Gasteiger partial charge in [-0.2, -0.15) is 4.98 Å². The Morgan fingerprint density at radius 2 is 2.05 bits per heavy atom. The van der Waals surface area contributed by atoms with Gasteiger partial charge in [0.25, 0.3) is 0 Å². The summed E-state index contributed by atoms with van der Waals surface area (Å²) < 4.78 is 0. The normalized spacial score (nSPS) is 10.0. The molecule has 0 aliphatic rings. The highest BCUT2D eigenvalue weighted by molar-refractivity contribution is 6.32. The van der Waals surface area contributed by atoms with Gasteiger partial charge in [0.2, 0.25) is 5.95 Å². The topological polar surface area (TPSA) is 82.2 Å². The van der Waals surface area contributed by atoms with E-state index in [2.05, 4.69) is 32.8 Å². The van der Waals surface area contributed by atoms with Crippen molar-refractivity contribution in [2.24, 2.45) is 0 Å². The number of hydrogen-bond donors (Lipinski definition) is 3. The number of nitrogens with one attached hydrogen (secondary N) is 3. The van der Waals surface area contributed by atoms with Crippen LogP contribution in [0.5, 0.6) is 0 Å². The summed E-state index contributed by atoms with van der Waals surface area (Å²) in [6, 6.07) is -0.133. The summed E-state index contributed by atoms with van der Waals surface area (Å²) in [7, 11) is 3.38. The Balaban J connectivity index is 2.44. The standard InChI is InChI=1S/C12H21ClN6O/c1-4-5-15-11-17-8-9(13)10(18-11)14-6-7-16-12(20)19(2)3/h8H,4-7H2,1-3H3,(H,16,20)(H2,14,15,17,18). The molecule has 112 valence electrons. The third-order valence-electron chi connectivity index (χ3n) is 2.38. The van der Waals surface area contributed by atoms with E-state index in [9.17, 15) is 4.79 Å². The predicted molar refractivity (Wildman–Crippen MR) is 81.4 cm³/mol. The Morgan fingerprint density at radius 3 is 2.70 bits per heavy atom. The Kier molecular flexibility index (Phi) is 6.86. The minimum absolute atomic E-state index is 0.133. The van der Waals surface area contributed by atoms with E-state index in [1.54, 1.807) is 20.3 Å². The quantitative estimate of drug-likeness (QED) is 0.667. The molecule has 2 amide bonds. The first kappa shape index (κ1) is 16.3. The van der Waals surface area contributed by atoms with Crippen molar-refractivity contribution < 1.29 is 4.79 Å². The van der Waals surface area contributed by atoms with Gasteiger partial charge in [-0.3, -0.25) is 0 Å². The summed E-state index contributed by atoms with van der Waals surface area (Å²) >= 11 is 6.01. The summed E-state index contributed by atoms with van der Waals surface area (Å²) in [5, 5.41) is 9.35. The molecule has 0 spiro atoms. The molecule has 0 radical (unpaired) electrons. The molecule has 0 unspecified atom stereocenters. The molecule has 0 bridgehead atoms. The minimum Gasteiger partial charge on any atom is -0.367 e. The van der Waals surface area contributed by atoms with Crippen LogP contribution in [0.4, 0.5) is 16.6 Å². The predicted octanol–water partition coefficient (Wildman–Crippen LogP) is 1.64. The number of halogens is 1. The number of nitrogens with zero attached hydrogens (tertiary/aromatic N) is 3. The smallest absolute Gasteiger partial charge is 0.316 e. The molecule has 0 saturated heterocycles. The molecule has 1 aromatic heterocycles. The Hall–Kier alpha value is -1.76. The highest BCUT2D eigenvalue weighted by Gasteiger charge is 2.05. The molecule has 0 aliphatic heterocycles. The van der Waals surface area contributed by atoms with Crippen LogP contribution in [-0.4, -0.2) is 54.6 Å². The van der Waals surface area contributed by atoms with Crippen molar-refractivity contribution in [1.29, 1.82) is 0 Å². The van der Waals surface area contributed by atoms with Crippen LogP contribution < -0.4 is 16.0 Å². The number of aromatic nitrogens is 2. The van der Waals surface area contributed by atoms with Crippen molar-refractivity contribution >= 4 is 29.4 Å². The third kappa shape index (κ3) is 5.48. The first-order valence-electron chi connectivity index (χ1n) is 6.50. The monoisotopic (exact) mass is 300 g/mol. The lowest BCUT2D eigenvalue weighted by atomic mass is 10.5. The van der Waals surface area contributed by atoms with Crippen LogP contribution in [0.1, 0.15) is 13.3 Å². The molecule has 0 saturated carbocycles. The Morgan fingerprint density at radius 1 is 1.30 bits per heavy atom. The molecule has 0 fully saturated rings. The summed E-state index contributed by atoms with van der Waals surface area (Å²) in [5.74, 6) is 1.09. The maximum absolute atomic E-state index is 11.3. The highest BCUT2D eigenvalue weighted by atomic mass is 35.5. The lowest BCUT2D eigenvalue weighted by molar-refractivity contribution is 0.218. The fourth-order valence-corrected chi connectivity index (χ4v) is 1.48. The lowest BCUT2D eigenvalue weighted by Crippen LogP contribution is -2.37. The molecule has 1 heterocycles. The van der Waals surface area contributed by atoms with E-state index in [1.807, 2.05) is 0 Å². The summed E-state index contributed by atoms with van der Waals surface area (Å²) in [4.78, 5) is 21.2. The summed E-state index contributed by atoms with van der Waals surface area (Å²) in [6.45, 7) is 3.88. The van der Waals surface area contributed by atoms with Crippen LogP contribution >= 0.6 is 11.6 Å². The fourth-order valence-electron chi connectivity index (χ4n) is 1.32. The van der Waals surface area contributed by atoms with Crippen LogP contribution in [-0.2, 0) is 0 Å². The van der Waals surface area contributed by atoms with E-state index in [0.29, 0.717) is 29.9 Å². The van der Waals surface area contributed by atoms with Crippen molar-refractivity contribution in [3.05, 3.63) is 11.2 Å². The van der Waals surface area contributed by atoms with Gasteiger partial charge in [0.05, 0.1) is 6.20 Å². The van der Waals surface area contributed by atoms with Gasteiger partial charge < -0.3 is 20.9 Å². The second kappa shape index (κ2) is 8.42. The number of carbonyl (C=O) groups is 1. The van der Waals surface area contributed by atoms with Gasteiger partial charge in [-0.25, -0.2) is 9.78 Å². The molecular weight excluding hydrogens is 280 g/mol. The van der Waals surface area contributed by atoms with Crippen molar-refractivity contribution in [2.75, 3.05) is 44.4 Å². The van der Waals surface area contributed by atoms with Gasteiger partial charge in [0.15, 0.2) is 5.82 Å². The molecular formula is C12H21ClN6O. The molecule has 1 rings (SSSR count). The second-order valence-corrected chi connectivity index (χ2v) is 4.78. The van der Waals surface area contributed by atoms with Gasteiger partial charge >= 0.3 is 6.03 Å². The maximum atomic E-state index is 11.3. The number of anilines is 2. The van der Waals surface area contributed by atoms with Crippen molar-refractivity contribution in [3.63, 3.8) is 0 Å². The molecule has 0 aliphatic carbocycles. The SMILES string of the molecule is CCCNc1ncc(Cl)c(NCCNC(=O)N(C)C)n1. The van der Waals surface area contributed by atoms with Crippen LogP contribution in [0, 0.1) is 0 Å². The zero-order valence-electron chi connectivity index (χ0n) is 12.0. The molecule has 3 N–H and O–H groups in total. The summed E-state index contributed by atoms with van der Waals surface area (Å²) in [5.41, 5.74) is 0. The van der Waals surface area contributed by atoms with Gasteiger partial charge in [0.1, 0.15) is 5.02 Å². The molecule has 20 heavy (non-hydrogen) atoms. The first-order valence-corrected chi connectivity index (χ1v) is 6.87. The summed E-state index contributed by atoms with van der Waals surface area (Å²) in [6.07, 6.45) is 2.54. The second-order valence-electron chi connectivity index (χ2n) is 4.37.